The summed E-state index contributed by atoms with van der Waals surface area (Å²) in [6.07, 6.45) is -0.618. The Hall–Kier alpha value is -0.430. The molecule has 2 aliphatic heterocycles. The third kappa shape index (κ3) is 9.82. The standard InChI is InChI=1S/C21H22N2O11S2.3Na/c24-13(25)7-4-8-14(26)34-9-12-10-35-20-15(19(28)23(20)16(12)21(29)30)22-18(27)17(36(31,32)33)11-5-2-1-3-6-11;;;/h1-3,5-6,15,17,20H,4,7-10H2,(H,22,27)(H,24,25)(H,29,30)(H,31,32,33);;;/q;3*+1/p-3/t15-,17?,20+;;;/m1.../s1. The number of ether oxygens (including phenoxy) is 1. The Kier molecular flexibility index (Phi) is 16.7. The van der Waals surface area contributed by atoms with E-state index in [2.05, 4.69) is 5.32 Å². The molecular weight excluding hydrogens is 589 g/mol. The first-order valence-corrected chi connectivity index (χ1v) is 13.0. The minimum Gasteiger partial charge on any atom is -0.747 e. The van der Waals surface area contributed by atoms with Gasteiger partial charge in [-0.2, -0.15) is 0 Å². The van der Waals surface area contributed by atoms with Gasteiger partial charge in [0, 0.05) is 23.7 Å². The van der Waals surface area contributed by atoms with E-state index in [0.717, 1.165) is 16.7 Å². The number of hydrogen-bond donors (Lipinski definition) is 1. The molecule has 0 spiro atoms. The molecule has 0 bridgehead atoms. The smallest absolute Gasteiger partial charge is 0.747 e. The third-order valence-corrected chi connectivity index (χ3v) is 7.74. The minimum absolute atomic E-state index is 0. The molecule has 1 N–H and O–H groups in total. The average molecular weight is 608 g/mol. The number of hydrogen-bond acceptors (Lipinski definition) is 12. The number of thioether (sulfide) groups is 1. The molecule has 1 aromatic carbocycles. The molecule has 1 saturated heterocycles. The number of fused-ring (bicyclic) bond motifs is 1. The second-order valence-electron chi connectivity index (χ2n) is 7.81. The second-order valence-corrected chi connectivity index (χ2v) is 10.4. The van der Waals surface area contributed by atoms with Crippen LogP contribution in [-0.4, -0.2) is 71.4 Å². The first-order valence-electron chi connectivity index (χ1n) is 10.5. The molecular formula is C21H19N2Na3O11S2. The maximum atomic E-state index is 12.7. The van der Waals surface area contributed by atoms with Gasteiger partial charge in [0.25, 0.3) is 5.91 Å². The topological polar surface area (TPSA) is 213 Å². The van der Waals surface area contributed by atoms with Crippen LogP contribution >= 0.6 is 11.8 Å². The van der Waals surface area contributed by atoms with E-state index in [1.807, 2.05) is 0 Å². The van der Waals surface area contributed by atoms with Gasteiger partial charge < -0.3 is 34.4 Å². The summed E-state index contributed by atoms with van der Waals surface area (Å²) in [6.45, 7) is -0.488. The number of esters is 1. The number of carbonyl (C=O) groups excluding carboxylic acids is 5. The molecule has 0 aromatic heterocycles. The summed E-state index contributed by atoms with van der Waals surface area (Å²) in [5.74, 6) is -5.98. The number of carboxylic acid groups (broad SMARTS) is 2. The zero-order valence-electron chi connectivity index (χ0n) is 21.4. The van der Waals surface area contributed by atoms with E-state index in [9.17, 15) is 47.2 Å². The van der Waals surface area contributed by atoms with E-state index in [1.54, 1.807) is 6.07 Å². The van der Waals surface area contributed by atoms with Gasteiger partial charge in [0.2, 0.25) is 5.91 Å². The van der Waals surface area contributed by atoms with Gasteiger partial charge in [0.05, 0.1) is 11.7 Å². The van der Waals surface area contributed by atoms with Crippen LogP contribution in [0.4, 0.5) is 0 Å². The molecule has 0 aliphatic carbocycles. The molecule has 194 valence electrons. The van der Waals surface area contributed by atoms with Crippen molar-refractivity contribution < 1.29 is 141 Å². The summed E-state index contributed by atoms with van der Waals surface area (Å²) in [4.78, 5) is 60.2. The van der Waals surface area contributed by atoms with E-state index in [4.69, 9.17) is 4.74 Å². The van der Waals surface area contributed by atoms with Crippen molar-refractivity contribution >= 4 is 51.6 Å². The fourth-order valence-corrected chi connectivity index (χ4v) is 5.85. The van der Waals surface area contributed by atoms with Crippen LogP contribution in [0.1, 0.15) is 30.1 Å². The van der Waals surface area contributed by atoms with Crippen LogP contribution in [0.3, 0.4) is 0 Å². The maximum Gasteiger partial charge on any atom is 1.00 e. The van der Waals surface area contributed by atoms with Crippen molar-refractivity contribution in [2.45, 2.75) is 35.9 Å². The number of benzene rings is 1. The van der Waals surface area contributed by atoms with Crippen molar-refractivity contribution in [3.05, 3.63) is 47.2 Å². The number of nitrogens with one attached hydrogen (secondary N) is 1. The normalized spacial score (nSPS) is 18.6. The Labute approximate surface area is 294 Å². The van der Waals surface area contributed by atoms with Crippen LogP contribution in [0.25, 0.3) is 0 Å². The number of amides is 2. The quantitative estimate of drug-likeness (QED) is 0.107. The fourth-order valence-electron chi connectivity index (χ4n) is 3.71. The van der Waals surface area contributed by atoms with Gasteiger partial charge in [0.1, 0.15) is 28.1 Å². The molecule has 0 radical (unpaired) electrons. The molecule has 1 aromatic rings. The van der Waals surface area contributed by atoms with E-state index < -0.39 is 68.8 Å². The number of nitrogens with zero attached hydrogens (tertiary/aromatic N) is 1. The predicted molar refractivity (Wildman–Crippen MR) is 116 cm³/mol. The zero-order valence-corrected chi connectivity index (χ0v) is 29.0. The summed E-state index contributed by atoms with van der Waals surface area (Å²) in [6, 6.07) is 5.65. The molecule has 2 aliphatic rings. The Morgan fingerprint density at radius 2 is 1.69 bits per heavy atom. The molecule has 39 heavy (non-hydrogen) atoms. The summed E-state index contributed by atoms with van der Waals surface area (Å²) < 4.78 is 40.2. The van der Waals surface area contributed by atoms with Crippen molar-refractivity contribution in [2.75, 3.05) is 12.4 Å². The zero-order chi connectivity index (χ0) is 26.6. The van der Waals surface area contributed by atoms with Crippen molar-refractivity contribution in [3.63, 3.8) is 0 Å². The van der Waals surface area contributed by atoms with E-state index in [0.29, 0.717) is 0 Å². The number of aliphatic carboxylic acids is 2. The maximum absolute atomic E-state index is 12.7. The fraction of sp³-hybridized carbons (Fsp3) is 0.381. The molecule has 3 atom stereocenters. The Morgan fingerprint density at radius 1 is 1.08 bits per heavy atom. The molecule has 0 saturated carbocycles. The molecule has 18 heteroatoms. The van der Waals surface area contributed by atoms with Crippen molar-refractivity contribution in [2.24, 2.45) is 0 Å². The van der Waals surface area contributed by atoms with Crippen LogP contribution in [0.15, 0.2) is 41.6 Å². The van der Waals surface area contributed by atoms with Gasteiger partial charge in [-0.25, -0.2) is 8.42 Å². The molecule has 3 rings (SSSR count). The summed E-state index contributed by atoms with van der Waals surface area (Å²) in [5, 5.41) is 21.3. The predicted octanol–water partition coefficient (Wildman–Crippen LogP) is -11.8. The van der Waals surface area contributed by atoms with Crippen LogP contribution in [-0.2, 0) is 38.8 Å². The molecule has 1 unspecified atom stereocenters. The van der Waals surface area contributed by atoms with Crippen molar-refractivity contribution in [1.29, 1.82) is 0 Å². The number of rotatable bonds is 11. The van der Waals surface area contributed by atoms with E-state index in [-0.39, 0.29) is 125 Å². The third-order valence-electron chi connectivity index (χ3n) is 5.34. The first kappa shape index (κ1) is 38.6. The largest absolute Gasteiger partial charge is 1.00 e. The Bertz CT molecular complexity index is 1230. The number of β-lactam (4-membered cyclic amide) rings is 1. The number of carboxylic acids is 2. The second kappa shape index (κ2) is 16.9. The number of carbonyl (C=O) groups is 5. The molecule has 2 heterocycles. The Balaban J connectivity index is 0.00000481. The summed E-state index contributed by atoms with van der Waals surface area (Å²) in [7, 11) is -5.15. The van der Waals surface area contributed by atoms with Gasteiger partial charge in [0.15, 0.2) is 5.25 Å². The van der Waals surface area contributed by atoms with Gasteiger partial charge >= 0.3 is 94.6 Å². The summed E-state index contributed by atoms with van der Waals surface area (Å²) >= 11 is 1.02. The SMILES string of the molecule is O=C([O-])CCCC(=O)OCC1=C(C(=O)[O-])N2C(=O)[C@@H](NC(=O)C(c3ccccc3)S(=O)(=O)[O-])[C@@H]2SC1.[Na+].[Na+].[Na+]. The van der Waals surface area contributed by atoms with Gasteiger partial charge in [-0.3, -0.25) is 19.3 Å². The van der Waals surface area contributed by atoms with Crippen molar-refractivity contribution in [3.8, 4) is 0 Å². The van der Waals surface area contributed by atoms with Gasteiger partial charge in [-0.05, 0) is 18.4 Å². The van der Waals surface area contributed by atoms with Crippen molar-refractivity contribution in [1.82, 2.24) is 10.2 Å². The molecule has 13 nitrogen and oxygen atoms in total. The molecule has 1 fully saturated rings. The van der Waals surface area contributed by atoms with Crippen LogP contribution in [0.2, 0.25) is 0 Å². The van der Waals surface area contributed by atoms with Crippen LogP contribution in [0, 0.1) is 0 Å². The van der Waals surface area contributed by atoms with Crippen LogP contribution < -0.4 is 104 Å². The Morgan fingerprint density at radius 3 is 2.23 bits per heavy atom. The summed E-state index contributed by atoms with van der Waals surface area (Å²) in [5.41, 5.74) is -0.594. The van der Waals surface area contributed by atoms with Gasteiger partial charge in [-0.15, -0.1) is 11.8 Å². The van der Waals surface area contributed by atoms with E-state index >= 15 is 0 Å². The average Bonchev–Trinajstić information content (AvgIpc) is 2.80. The monoisotopic (exact) mass is 608 g/mol. The van der Waals surface area contributed by atoms with Crippen LogP contribution in [0.5, 0.6) is 0 Å². The van der Waals surface area contributed by atoms with E-state index in [1.165, 1.54) is 24.3 Å². The molecule has 2 amide bonds. The first-order chi connectivity index (χ1) is 16.9. The minimum atomic E-state index is -5.15. The van der Waals surface area contributed by atoms with Gasteiger partial charge in [-0.1, -0.05) is 30.3 Å².